The van der Waals surface area contributed by atoms with Gasteiger partial charge in [0, 0.05) is 22.7 Å². The van der Waals surface area contributed by atoms with Gasteiger partial charge in [-0.2, -0.15) is 0 Å². The van der Waals surface area contributed by atoms with E-state index in [0.29, 0.717) is 0 Å². The zero-order chi connectivity index (χ0) is 14.5. The minimum absolute atomic E-state index is 0. The summed E-state index contributed by atoms with van der Waals surface area (Å²) in [5.74, 6) is 5.22. The van der Waals surface area contributed by atoms with Crippen LogP contribution in [-0.2, 0) is 17.1 Å². The summed E-state index contributed by atoms with van der Waals surface area (Å²) in [7, 11) is 2.72. The van der Waals surface area contributed by atoms with Crippen molar-refractivity contribution in [2.24, 2.45) is 0 Å². The Morgan fingerprint density at radius 3 is 1.81 bits per heavy atom. The smallest absolute Gasteiger partial charge is 0.0453 e. The van der Waals surface area contributed by atoms with Crippen molar-refractivity contribution in [2.45, 2.75) is 27.7 Å². The second kappa shape index (κ2) is 9.67. The maximum Gasteiger partial charge on any atom is 0.0453 e. The van der Waals surface area contributed by atoms with Crippen LogP contribution in [0.15, 0.2) is 11.9 Å². The Bertz CT molecular complexity index is 422. The van der Waals surface area contributed by atoms with Crippen LogP contribution in [0.25, 0.3) is 0 Å². The molecular formula is C18H20FeP2. The van der Waals surface area contributed by atoms with Crippen LogP contribution >= 0.6 is 16.8 Å². The Morgan fingerprint density at radius 1 is 0.810 bits per heavy atom. The van der Waals surface area contributed by atoms with Gasteiger partial charge in [0.2, 0.25) is 0 Å². The summed E-state index contributed by atoms with van der Waals surface area (Å²) in [5.41, 5.74) is 4.33. The Morgan fingerprint density at radius 2 is 1.38 bits per heavy atom. The summed E-state index contributed by atoms with van der Waals surface area (Å²) in [5, 5.41) is 1.48. The first-order valence-corrected chi connectivity index (χ1v) is 8.71. The molecule has 0 unspecified atom stereocenters. The molecule has 1 aliphatic carbocycles. The van der Waals surface area contributed by atoms with Crippen LogP contribution in [0.5, 0.6) is 0 Å². The van der Waals surface area contributed by atoms with Crippen LogP contribution in [0.3, 0.4) is 0 Å². The molecule has 0 atom stereocenters. The maximum atomic E-state index is 2.34. The molecule has 1 aliphatic heterocycles. The molecule has 0 N–H and O–H groups in total. The maximum absolute atomic E-state index is 2.34. The number of rotatable bonds is 1. The SMILES string of the molecule is C[C]1[CH][P][C](c2cc(C)c(C)cp2)[C]1C.[CH]1[CH][CH][CH][CH]1.[Fe]. The average Bonchev–Trinajstić information content (AvgIpc) is 3.09. The van der Waals surface area contributed by atoms with Crippen LogP contribution in [0, 0.1) is 69.6 Å². The standard InChI is InChI=1S/C13H15P2.C5H5.Fe/c1-8-5-12(14-6-9(8)2)13-11(4)10(3)7-15-13;1-2-4-5-3-1;/h5-7H,1-4H3;1-5H;. The largest absolute Gasteiger partial charge is 0.0716 e. The first kappa shape index (κ1) is 19.6. The molecule has 3 rings (SSSR count). The second-order valence-electron chi connectivity index (χ2n) is 5.03. The van der Waals surface area contributed by atoms with E-state index in [9.17, 15) is 0 Å². The predicted octanol–water partition coefficient (Wildman–Crippen LogP) is 6.09. The Kier molecular flexibility index (Phi) is 9.05. The van der Waals surface area contributed by atoms with Gasteiger partial charge in [0.1, 0.15) is 0 Å². The fourth-order valence-electron chi connectivity index (χ4n) is 1.87. The van der Waals surface area contributed by atoms with Crippen molar-refractivity contribution in [3.63, 3.8) is 0 Å². The molecule has 2 fully saturated rings. The molecule has 10 radical (unpaired) electrons. The minimum atomic E-state index is 0. The minimum Gasteiger partial charge on any atom is -0.0716 e. The number of hydrogen-bond acceptors (Lipinski definition) is 0. The summed E-state index contributed by atoms with van der Waals surface area (Å²) >= 11 is 0. The van der Waals surface area contributed by atoms with Crippen LogP contribution < -0.4 is 0 Å². The van der Waals surface area contributed by atoms with Gasteiger partial charge in [-0.05, 0) is 86.2 Å². The average molecular weight is 354 g/mol. The van der Waals surface area contributed by atoms with E-state index in [1.54, 1.807) is 0 Å². The molecule has 1 aromatic rings. The molecule has 110 valence electrons. The van der Waals surface area contributed by atoms with Gasteiger partial charge in [-0.25, -0.2) is 0 Å². The third-order valence-electron chi connectivity index (χ3n) is 3.50. The van der Waals surface area contributed by atoms with E-state index in [-0.39, 0.29) is 17.1 Å². The summed E-state index contributed by atoms with van der Waals surface area (Å²) < 4.78 is 0. The third-order valence-corrected chi connectivity index (χ3v) is 6.18. The van der Waals surface area contributed by atoms with E-state index in [2.05, 4.69) is 45.7 Å². The molecule has 1 aromatic heterocycles. The predicted molar refractivity (Wildman–Crippen MR) is 91.3 cm³/mol. The molecular weight excluding hydrogens is 334 g/mol. The van der Waals surface area contributed by atoms with Crippen LogP contribution in [-0.4, -0.2) is 0 Å². The van der Waals surface area contributed by atoms with E-state index in [1.807, 2.05) is 32.1 Å². The van der Waals surface area contributed by atoms with Crippen LogP contribution in [0.1, 0.15) is 30.3 Å². The third kappa shape index (κ3) is 5.62. The van der Waals surface area contributed by atoms with Crippen molar-refractivity contribution >= 4 is 16.8 Å². The van der Waals surface area contributed by atoms with Gasteiger partial charge >= 0.3 is 0 Å². The molecule has 0 amide bonds. The first-order chi connectivity index (χ1) is 9.59. The molecule has 0 aromatic carbocycles. The fourth-order valence-corrected chi connectivity index (χ4v) is 4.40. The molecule has 0 bridgehead atoms. The first-order valence-electron chi connectivity index (χ1n) is 6.78. The van der Waals surface area contributed by atoms with Crippen molar-refractivity contribution < 1.29 is 17.1 Å². The van der Waals surface area contributed by atoms with Gasteiger partial charge in [0.25, 0.3) is 0 Å². The monoisotopic (exact) mass is 354 g/mol. The van der Waals surface area contributed by atoms with E-state index >= 15 is 0 Å². The van der Waals surface area contributed by atoms with Gasteiger partial charge in [-0.1, -0.05) is 36.7 Å². The van der Waals surface area contributed by atoms with E-state index in [1.165, 1.54) is 50.7 Å². The Balaban J connectivity index is 0.000000313. The molecule has 0 spiro atoms. The summed E-state index contributed by atoms with van der Waals surface area (Å²) in [6.45, 7) is 8.82. The molecule has 2 heterocycles. The van der Waals surface area contributed by atoms with E-state index in [0.717, 1.165) is 0 Å². The van der Waals surface area contributed by atoms with Gasteiger partial charge in [0.05, 0.1) is 0 Å². The van der Waals surface area contributed by atoms with Crippen LogP contribution in [0.4, 0.5) is 0 Å². The Labute approximate surface area is 145 Å². The van der Waals surface area contributed by atoms with Crippen molar-refractivity contribution in [1.29, 1.82) is 0 Å². The summed E-state index contributed by atoms with van der Waals surface area (Å²) in [6, 6.07) is 2.34. The van der Waals surface area contributed by atoms with Gasteiger partial charge in [-0.3, -0.25) is 0 Å². The van der Waals surface area contributed by atoms with Crippen molar-refractivity contribution in [1.82, 2.24) is 0 Å². The van der Waals surface area contributed by atoms with Gasteiger partial charge < -0.3 is 0 Å². The van der Waals surface area contributed by atoms with Crippen molar-refractivity contribution in [3.8, 4) is 0 Å². The second-order valence-corrected chi connectivity index (χ2v) is 6.99. The summed E-state index contributed by atoms with van der Waals surface area (Å²) in [4.78, 5) is 0. The number of hydrogen-bond donors (Lipinski definition) is 0. The molecule has 21 heavy (non-hydrogen) atoms. The zero-order valence-electron chi connectivity index (χ0n) is 12.9. The van der Waals surface area contributed by atoms with Crippen molar-refractivity contribution in [2.75, 3.05) is 0 Å². The molecule has 2 aliphatic rings. The normalized spacial score (nSPS) is 21.5. The van der Waals surface area contributed by atoms with Crippen molar-refractivity contribution in [3.05, 3.63) is 84.0 Å². The van der Waals surface area contributed by atoms with Gasteiger partial charge in [-0.15, -0.1) is 0 Å². The van der Waals surface area contributed by atoms with Crippen LogP contribution in [0.2, 0.25) is 0 Å². The fraction of sp³-hybridized carbons (Fsp3) is 0.222. The van der Waals surface area contributed by atoms with Gasteiger partial charge in [0.15, 0.2) is 0 Å². The van der Waals surface area contributed by atoms with E-state index in [4.69, 9.17) is 0 Å². The zero-order valence-corrected chi connectivity index (χ0v) is 15.8. The topological polar surface area (TPSA) is 0 Å². The van der Waals surface area contributed by atoms with E-state index < -0.39 is 0 Å². The molecule has 0 nitrogen and oxygen atoms in total. The summed E-state index contributed by atoms with van der Waals surface area (Å²) in [6.07, 6.45) is 12.3. The molecule has 3 heteroatoms. The quantitative estimate of drug-likeness (QED) is 0.423. The number of aryl methyl sites for hydroxylation is 2. The Hall–Kier alpha value is 0.599. The molecule has 1 saturated carbocycles. The molecule has 1 saturated heterocycles.